The van der Waals surface area contributed by atoms with Gasteiger partial charge in [-0.3, -0.25) is 9.69 Å². The van der Waals surface area contributed by atoms with Gasteiger partial charge < -0.3 is 15.0 Å². The SMILES string of the molecule is O=C(NCc1ccc(N2CCOCC2)cc1)C1CCN(Cc2c(F)cccc2Cl)CC1. The molecular weight excluding hydrogens is 417 g/mol. The van der Waals surface area contributed by atoms with Crippen LogP contribution in [-0.2, 0) is 22.6 Å². The molecule has 31 heavy (non-hydrogen) atoms. The molecule has 0 radical (unpaired) electrons. The molecule has 1 N–H and O–H groups in total. The predicted molar refractivity (Wildman–Crippen MR) is 121 cm³/mol. The minimum Gasteiger partial charge on any atom is -0.378 e. The average Bonchev–Trinajstić information content (AvgIpc) is 2.81. The highest BCUT2D eigenvalue weighted by molar-refractivity contribution is 6.31. The Bertz CT molecular complexity index is 859. The van der Waals surface area contributed by atoms with Crippen LogP contribution in [0.1, 0.15) is 24.0 Å². The van der Waals surface area contributed by atoms with Crippen LogP contribution in [0.25, 0.3) is 0 Å². The number of nitrogens with one attached hydrogen (secondary N) is 1. The minimum absolute atomic E-state index is 0.0000321. The maximum absolute atomic E-state index is 14.0. The van der Waals surface area contributed by atoms with E-state index in [0.717, 1.165) is 57.8 Å². The molecule has 5 nitrogen and oxygen atoms in total. The van der Waals surface area contributed by atoms with E-state index < -0.39 is 0 Å². The molecular formula is C24H29ClFN3O2. The van der Waals surface area contributed by atoms with Crippen molar-refractivity contribution in [2.45, 2.75) is 25.9 Å². The van der Waals surface area contributed by atoms with Crippen LogP contribution < -0.4 is 10.2 Å². The summed E-state index contributed by atoms with van der Waals surface area (Å²) in [5.74, 6) is -0.173. The number of piperidine rings is 1. The number of likely N-dealkylation sites (tertiary alicyclic amines) is 1. The fraction of sp³-hybridized carbons (Fsp3) is 0.458. The second kappa shape index (κ2) is 10.4. The van der Waals surface area contributed by atoms with Gasteiger partial charge >= 0.3 is 0 Å². The summed E-state index contributed by atoms with van der Waals surface area (Å²) < 4.78 is 19.4. The van der Waals surface area contributed by atoms with Crippen LogP contribution in [0.2, 0.25) is 5.02 Å². The first-order valence-corrected chi connectivity index (χ1v) is 11.3. The topological polar surface area (TPSA) is 44.8 Å². The van der Waals surface area contributed by atoms with E-state index >= 15 is 0 Å². The fourth-order valence-corrected chi connectivity index (χ4v) is 4.46. The van der Waals surface area contributed by atoms with Crippen molar-refractivity contribution in [2.24, 2.45) is 5.92 Å². The van der Waals surface area contributed by atoms with E-state index in [9.17, 15) is 9.18 Å². The third-order valence-electron chi connectivity index (χ3n) is 6.18. The smallest absolute Gasteiger partial charge is 0.223 e. The number of ether oxygens (including phenoxy) is 1. The van der Waals surface area contributed by atoms with Gasteiger partial charge in [-0.2, -0.15) is 0 Å². The van der Waals surface area contributed by atoms with E-state index in [2.05, 4.69) is 39.4 Å². The molecule has 0 saturated carbocycles. The lowest BCUT2D eigenvalue weighted by molar-refractivity contribution is -0.126. The van der Waals surface area contributed by atoms with Gasteiger partial charge in [0.2, 0.25) is 5.91 Å². The van der Waals surface area contributed by atoms with E-state index in [1.165, 1.54) is 11.8 Å². The summed E-state index contributed by atoms with van der Waals surface area (Å²) in [5.41, 5.74) is 2.82. The van der Waals surface area contributed by atoms with Crippen molar-refractivity contribution in [3.05, 3.63) is 64.4 Å². The zero-order valence-electron chi connectivity index (χ0n) is 17.7. The maximum atomic E-state index is 14.0. The van der Waals surface area contributed by atoms with E-state index in [-0.39, 0.29) is 17.6 Å². The van der Waals surface area contributed by atoms with Gasteiger partial charge in [0.1, 0.15) is 5.82 Å². The summed E-state index contributed by atoms with van der Waals surface area (Å²) in [7, 11) is 0. The van der Waals surface area contributed by atoms with Gasteiger partial charge in [0.15, 0.2) is 0 Å². The van der Waals surface area contributed by atoms with E-state index in [1.54, 1.807) is 12.1 Å². The second-order valence-electron chi connectivity index (χ2n) is 8.23. The van der Waals surface area contributed by atoms with Crippen LogP contribution in [0.5, 0.6) is 0 Å². The van der Waals surface area contributed by atoms with Gasteiger partial charge in [0, 0.05) is 48.4 Å². The Morgan fingerprint density at radius 1 is 1.06 bits per heavy atom. The number of hydrogen-bond acceptors (Lipinski definition) is 4. The van der Waals surface area contributed by atoms with E-state index in [1.807, 2.05) is 0 Å². The van der Waals surface area contributed by atoms with Crippen molar-refractivity contribution < 1.29 is 13.9 Å². The molecule has 0 aromatic heterocycles. The quantitative estimate of drug-likeness (QED) is 0.733. The molecule has 4 rings (SSSR count). The first-order valence-electron chi connectivity index (χ1n) is 10.9. The van der Waals surface area contributed by atoms with Crippen LogP contribution in [0.4, 0.5) is 10.1 Å². The Balaban J connectivity index is 1.22. The molecule has 0 atom stereocenters. The summed E-state index contributed by atoms with van der Waals surface area (Å²) in [6.45, 7) is 5.90. The standard InChI is InChI=1S/C24H29ClFN3O2/c25-22-2-1-3-23(26)21(22)17-28-10-8-19(9-11-28)24(30)27-16-18-4-6-20(7-5-18)29-12-14-31-15-13-29/h1-7,19H,8-17H2,(H,27,30). The first kappa shape index (κ1) is 22.1. The highest BCUT2D eigenvalue weighted by Gasteiger charge is 2.25. The number of nitrogens with zero attached hydrogens (tertiary/aromatic N) is 2. The van der Waals surface area contributed by atoms with Crippen molar-refractivity contribution in [3.8, 4) is 0 Å². The lowest BCUT2D eigenvalue weighted by Crippen LogP contribution is -2.40. The van der Waals surface area contributed by atoms with Crippen LogP contribution in [0, 0.1) is 11.7 Å². The van der Waals surface area contributed by atoms with Gasteiger partial charge in [0.05, 0.1) is 13.2 Å². The first-order chi connectivity index (χ1) is 15.1. The number of halogens is 2. The number of morpholine rings is 1. The molecule has 2 heterocycles. The summed E-state index contributed by atoms with van der Waals surface area (Å²) in [4.78, 5) is 17.1. The van der Waals surface area contributed by atoms with Crippen molar-refractivity contribution in [1.29, 1.82) is 0 Å². The Kier molecular flexibility index (Phi) is 7.43. The molecule has 2 fully saturated rings. The lowest BCUT2D eigenvalue weighted by atomic mass is 9.95. The number of rotatable bonds is 6. The molecule has 2 aliphatic heterocycles. The van der Waals surface area contributed by atoms with Crippen molar-refractivity contribution >= 4 is 23.2 Å². The molecule has 1 amide bonds. The fourth-order valence-electron chi connectivity index (χ4n) is 4.24. The molecule has 0 bridgehead atoms. The van der Waals surface area contributed by atoms with Crippen molar-refractivity contribution in [3.63, 3.8) is 0 Å². The second-order valence-corrected chi connectivity index (χ2v) is 8.64. The monoisotopic (exact) mass is 445 g/mol. The number of carbonyl (C=O) groups is 1. The third-order valence-corrected chi connectivity index (χ3v) is 6.54. The molecule has 2 aromatic rings. The average molecular weight is 446 g/mol. The van der Waals surface area contributed by atoms with Crippen LogP contribution in [-0.4, -0.2) is 50.2 Å². The van der Waals surface area contributed by atoms with Crippen molar-refractivity contribution in [1.82, 2.24) is 10.2 Å². The van der Waals surface area contributed by atoms with E-state index in [0.29, 0.717) is 23.7 Å². The van der Waals surface area contributed by atoms with Gasteiger partial charge in [-0.25, -0.2) is 4.39 Å². The normalized spacial score (nSPS) is 18.2. The predicted octanol–water partition coefficient (Wildman–Crippen LogP) is 3.84. The molecule has 2 aromatic carbocycles. The summed E-state index contributed by atoms with van der Waals surface area (Å²) in [6, 6.07) is 13.1. The largest absolute Gasteiger partial charge is 0.378 e. The summed E-state index contributed by atoms with van der Waals surface area (Å²) in [5, 5.41) is 3.54. The van der Waals surface area contributed by atoms with Crippen molar-refractivity contribution in [2.75, 3.05) is 44.3 Å². The molecule has 2 aliphatic rings. The van der Waals surface area contributed by atoms with Crippen LogP contribution in [0.15, 0.2) is 42.5 Å². The van der Waals surface area contributed by atoms with Crippen LogP contribution >= 0.6 is 11.6 Å². The number of anilines is 1. The molecule has 7 heteroatoms. The number of hydrogen-bond donors (Lipinski definition) is 1. The summed E-state index contributed by atoms with van der Waals surface area (Å²) >= 11 is 6.14. The Morgan fingerprint density at radius 3 is 2.45 bits per heavy atom. The summed E-state index contributed by atoms with van der Waals surface area (Å²) in [6.07, 6.45) is 1.54. The molecule has 166 valence electrons. The highest BCUT2D eigenvalue weighted by Crippen LogP contribution is 2.24. The molecule has 0 aliphatic carbocycles. The van der Waals surface area contributed by atoms with Gasteiger partial charge in [-0.1, -0.05) is 29.8 Å². The van der Waals surface area contributed by atoms with Gasteiger partial charge in [-0.15, -0.1) is 0 Å². The zero-order valence-corrected chi connectivity index (χ0v) is 18.4. The van der Waals surface area contributed by atoms with Gasteiger partial charge in [-0.05, 0) is 55.8 Å². The number of benzene rings is 2. The van der Waals surface area contributed by atoms with E-state index in [4.69, 9.17) is 16.3 Å². The Labute approximate surface area is 188 Å². The Hall–Kier alpha value is -2.15. The lowest BCUT2D eigenvalue weighted by Gasteiger charge is -2.31. The number of amides is 1. The van der Waals surface area contributed by atoms with Crippen LogP contribution in [0.3, 0.4) is 0 Å². The van der Waals surface area contributed by atoms with Gasteiger partial charge in [0.25, 0.3) is 0 Å². The minimum atomic E-state index is -0.271. The zero-order chi connectivity index (χ0) is 21.6. The third kappa shape index (κ3) is 5.76. The Morgan fingerprint density at radius 2 is 1.77 bits per heavy atom. The molecule has 2 saturated heterocycles. The highest BCUT2D eigenvalue weighted by atomic mass is 35.5. The molecule has 0 unspecified atom stereocenters. The maximum Gasteiger partial charge on any atom is 0.223 e. The number of carbonyl (C=O) groups excluding carboxylic acids is 1. The molecule has 0 spiro atoms.